The SMILES string of the molecule is Cc1ccc(CN(CCc2ccccc2)CC(=O)N2CCc3cc(S(N)(=O)=O)ccc32)s1. The van der Waals surface area contributed by atoms with Crippen molar-refractivity contribution in [3.63, 3.8) is 0 Å². The lowest BCUT2D eigenvalue weighted by atomic mass is 10.1. The molecule has 168 valence electrons. The molecule has 4 rings (SSSR count). The van der Waals surface area contributed by atoms with Crippen LogP contribution < -0.4 is 10.0 Å². The van der Waals surface area contributed by atoms with E-state index in [0.717, 1.165) is 30.8 Å². The zero-order valence-electron chi connectivity index (χ0n) is 18.0. The first-order valence-corrected chi connectivity index (χ1v) is 12.9. The van der Waals surface area contributed by atoms with E-state index < -0.39 is 10.0 Å². The number of benzene rings is 2. The summed E-state index contributed by atoms with van der Waals surface area (Å²) in [7, 11) is -3.76. The van der Waals surface area contributed by atoms with E-state index in [1.54, 1.807) is 28.4 Å². The molecule has 3 aromatic rings. The van der Waals surface area contributed by atoms with E-state index >= 15 is 0 Å². The van der Waals surface area contributed by atoms with Gasteiger partial charge in [-0.25, -0.2) is 13.6 Å². The third-order valence-electron chi connectivity index (χ3n) is 5.67. The van der Waals surface area contributed by atoms with Gasteiger partial charge in [-0.15, -0.1) is 11.3 Å². The first kappa shape index (κ1) is 22.7. The number of aryl methyl sites for hydroxylation is 1. The van der Waals surface area contributed by atoms with Crippen molar-refractivity contribution in [2.24, 2.45) is 5.14 Å². The standard InChI is InChI=1S/C24H27N3O3S2/c1-18-7-8-21(31-18)16-26(13-11-19-5-3-2-4-6-19)17-24(28)27-14-12-20-15-22(32(25,29)30)9-10-23(20)27/h2-10,15H,11-14,16-17H2,1H3,(H2,25,29,30). The van der Waals surface area contributed by atoms with E-state index in [1.807, 2.05) is 18.2 Å². The zero-order valence-corrected chi connectivity index (χ0v) is 19.7. The van der Waals surface area contributed by atoms with Crippen LogP contribution in [0.25, 0.3) is 0 Å². The van der Waals surface area contributed by atoms with E-state index in [4.69, 9.17) is 5.14 Å². The molecule has 1 amide bonds. The lowest BCUT2D eigenvalue weighted by Crippen LogP contribution is -2.40. The Kier molecular flexibility index (Phi) is 6.76. The Morgan fingerprint density at radius 2 is 1.91 bits per heavy atom. The van der Waals surface area contributed by atoms with Crippen molar-refractivity contribution >= 4 is 33.0 Å². The summed E-state index contributed by atoms with van der Waals surface area (Å²) in [4.78, 5) is 19.8. The number of sulfonamides is 1. The molecule has 0 aliphatic carbocycles. The predicted molar refractivity (Wildman–Crippen MR) is 128 cm³/mol. The van der Waals surface area contributed by atoms with Crippen LogP contribution in [0, 0.1) is 6.92 Å². The number of hydrogen-bond donors (Lipinski definition) is 1. The molecule has 2 N–H and O–H groups in total. The van der Waals surface area contributed by atoms with Crippen molar-refractivity contribution in [2.75, 3.05) is 24.5 Å². The van der Waals surface area contributed by atoms with Gasteiger partial charge in [0.15, 0.2) is 0 Å². The normalized spacial score (nSPS) is 13.5. The molecule has 6 nitrogen and oxygen atoms in total. The van der Waals surface area contributed by atoms with Gasteiger partial charge >= 0.3 is 0 Å². The highest BCUT2D eigenvalue weighted by molar-refractivity contribution is 7.89. The van der Waals surface area contributed by atoms with Crippen molar-refractivity contribution in [1.82, 2.24) is 4.90 Å². The molecule has 0 saturated heterocycles. The largest absolute Gasteiger partial charge is 0.311 e. The summed E-state index contributed by atoms with van der Waals surface area (Å²) in [6.45, 7) is 4.44. The number of fused-ring (bicyclic) bond motifs is 1. The molecule has 0 bridgehead atoms. The van der Waals surface area contributed by atoms with Crippen molar-refractivity contribution in [1.29, 1.82) is 0 Å². The van der Waals surface area contributed by atoms with Gasteiger partial charge < -0.3 is 4.90 Å². The Hall–Kier alpha value is -2.52. The minimum atomic E-state index is -3.76. The monoisotopic (exact) mass is 469 g/mol. The summed E-state index contributed by atoms with van der Waals surface area (Å²) in [5.74, 6) is 0.0217. The van der Waals surface area contributed by atoms with Gasteiger partial charge in [0.05, 0.1) is 11.4 Å². The third-order valence-corrected chi connectivity index (χ3v) is 7.57. The maximum Gasteiger partial charge on any atom is 0.241 e. The molecule has 0 radical (unpaired) electrons. The van der Waals surface area contributed by atoms with Gasteiger partial charge in [-0.05, 0) is 61.2 Å². The van der Waals surface area contributed by atoms with Gasteiger partial charge in [-0.3, -0.25) is 9.69 Å². The van der Waals surface area contributed by atoms with Crippen LogP contribution >= 0.6 is 11.3 Å². The highest BCUT2D eigenvalue weighted by Crippen LogP contribution is 2.30. The summed E-state index contributed by atoms with van der Waals surface area (Å²) in [6.07, 6.45) is 1.49. The minimum absolute atomic E-state index is 0.0217. The fourth-order valence-electron chi connectivity index (χ4n) is 4.03. The van der Waals surface area contributed by atoms with Crippen LogP contribution in [0.2, 0.25) is 0 Å². The number of anilines is 1. The number of carbonyl (C=O) groups is 1. The summed E-state index contributed by atoms with van der Waals surface area (Å²) in [5.41, 5.74) is 2.86. The molecule has 0 atom stereocenters. The number of thiophene rings is 1. The topological polar surface area (TPSA) is 83.7 Å². The van der Waals surface area contributed by atoms with Crippen LogP contribution in [0.15, 0.2) is 65.6 Å². The fraction of sp³-hybridized carbons (Fsp3) is 0.292. The van der Waals surface area contributed by atoms with Crippen molar-refractivity contribution in [3.05, 3.63) is 81.5 Å². The van der Waals surface area contributed by atoms with Crippen LogP contribution in [0.3, 0.4) is 0 Å². The highest BCUT2D eigenvalue weighted by Gasteiger charge is 2.27. The van der Waals surface area contributed by atoms with Gasteiger partial charge in [-0.1, -0.05) is 30.3 Å². The molecule has 0 unspecified atom stereocenters. The maximum absolute atomic E-state index is 13.3. The van der Waals surface area contributed by atoms with E-state index in [9.17, 15) is 13.2 Å². The van der Waals surface area contributed by atoms with Crippen molar-refractivity contribution in [3.8, 4) is 0 Å². The second-order valence-electron chi connectivity index (χ2n) is 8.09. The van der Waals surface area contributed by atoms with Gasteiger partial charge in [0.1, 0.15) is 0 Å². The molecule has 0 saturated carbocycles. The molecular formula is C24H27N3O3S2. The second-order valence-corrected chi connectivity index (χ2v) is 11.0. The van der Waals surface area contributed by atoms with Gasteiger partial charge in [-0.2, -0.15) is 0 Å². The molecule has 1 aliphatic rings. The first-order valence-electron chi connectivity index (χ1n) is 10.6. The van der Waals surface area contributed by atoms with Crippen LogP contribution in [0.4, 0.5) is 5.69 Å². The fourth-order valence-corrected chi connectivity index (χ4v) is 5.52. The average molecular weight is 470 g/mol. The van der Waals surface area contributed by atoms with Crippen molar-refractivity contribution < 1.29 is 13.2 Å². The average Bonchev–Trinajstić information content (AvgIpc) is 3.37. The number of rotatable bonds is 8. The molecule has 2 heterocycles. The Balaban J connectivity index is 1.48. The first-order chi connectivity index (χ1) is 15.3. The number of amides is 1. The molecule has 0 spiro atoms. The Morgan fingerprint density at radius 3 is 2.59 bits per heavy atom. The summed E-state index contributed by atoms with van der Waals surface area (Å²) >= 11 is 1.75. The molecule has 1 aromatic heterocycles. The Morgan fingerprint density at radius 1 is 1.12 bits per heavy atom. The Labute approximate surface area is 193 Å². The second kappa shape index (κ2) is 9.54. The minimum Gasteiger partial charge on any atom is -0.311 e. The van der Waals surface area contributed by atoms with Crippen molar-refractivity contribution in [2.45, 2.75) is 31.2 Å². The number of carbonyl (C=O) groups excluding carboxylic acids is 1. The predicted octanol–water partition coefficient (Wildman–Crippen LogP) is 3.34. The van der Waals surface area contributed by atoms with Crippen LogP contribution in [-0.4, -0.2) is 38.9 Å². The van der Waals surface area contributed by atoms with E-state index in [0.29, 0.717) is 19.5 Å². The number of nitrogens with zero attached hydrogens (tertiary/aromatic N) is 2. The lowest BCUT2D eigenvalue weighted by molar-refractivity contribution is -0.119. The molecule has 0 fully saturated rings. The van der Waals surface area contributed by atoms with E-state index in [-0.39, 0.29) is 10.8 Å². The molecule has 32 heavy (non-hydrogen) atoms. The highest BCUT2D eigenvalue weighted by atomic mass is 32.2. The van der Waals surface area contributed by atoms with Crippen LogP contribution in [-0.2, 0) is 34.2 Å². The molecule has 8 heteroatoms. The van der Waals surface area contributed by atoms with E-state index in [1.165, 1.54) is 21.4 Å². The summed E-state index contributed by atoms with van der Waals surface area (Å²) in [6, 6.07) is 19.3. The molecule has 1 aliphatic heterocycles. The lowest BCUT2D eigenvalue weighted by Gasteiger charge is -2.25. The number of primary sulfonamides is 1. The number of nitrogens with two attached hydrogens (primary N) is 1. The van der Waals surface area contributed by atoms with Gasteiger partial charge in [0.25, 0.3) is 0 Å². The molecular weight excluding hydrogens is 442 g/mol. The smallest absolute Gasteiger partial charge is 0.241 e. The third kappa shape index (κ3) is 5.45. The summed E-state index contributed by atoms with van der Waals surface area (Å²) in [5, 5.41) is 5.25. The maximum atomic E-state index is 13.3. The number of hydrogen-bond acceptors (Lipinski definition) is 5. The van der Waals surface area contributed by atoms with Crippen LogP contribution in [0.5, 0.6) is 0 Å². The van der Waals surface area contributed by atoms with Gasteiger partial charge in [0, 0.05) is 35.1 Å². The Bertz CT molecular complexity index is 1210. The van der Waals surface area contributed by atoms with E-state index in [2.05, 4.69) is 36.1 Å². The zero-order chi connectivity index (χ0) is 22.7. The summed E-state index contributed by atoms with van der Waals surface area (Å²) < 4.78 is 23.3. The van der Waals surface area contributed by atoms with Gasteiger partial charge in [0.2, 0.25) is 15.9 Å². The quantitative estimate of drug-likeness (QED) is 0.548. The molecule has 2 aromatic carbocycles. The van der Waals surface area contributed by atoms with Crippen LogP contribution in [0.1, 0.15) is 20.9 Å².